The van der Waals surface area contributed by atoms with E-state index in [-0.39, 0.29) is 5.56 Å². The Balaban J connectivity index is 2.37. The minimum absolute atomic E-state index is 0.147. The van der Waals surface area contributed by atoms with Gasteiger partial charge in [0.05, 0.1) is 12.1 Å². The Morgan fingerprint density at radius 3 is 2.20 bits per heavy atom. The summed E-state index contributed by atoms with van der Waals surface area (Å²) in [5, 5.41) is 0. The molecule has 0 unspecified atom stereocenters. The molecule has 0 aromatic carbocycles. The third-order valence-corrected chi connectivity index (χ3v) is 3.00. The van der Waals surface area contributed by atoms with Gasteiger partial charge in [0.2, 0.25) is 0 Å². The maximum Gasteiger partial charge on any atom is 0.396 e. The van der Waals surface area contributed by atoms with Gasteiger partial charge in [0, 0.05) is 6.20 Å². The van der Waals surface area contributed by atoms with Crippen molar-refractivity contribution in [2.45, 2.75) is 32.9 Å². The third-order valence-electron chi connectivity index (χ3n) is 3.00. The number of hydrogen-bond acceptors (Lipinski definition) is 3. The minimum atomic E-state index is -4.31. The Hall–Kier alpha value is -1.85. The normalized spacial score (nSPS) is 14.3. The highest BCUT2D eigenvalue weighted by atomic mass is 19.4. The summed E-state index contributed by atoms with van der Waals surface area (Å²) in [6, 6.07) is 2.95. The van der Waals surface area contributed by atoms with Crippen molar-refractivity contribution in [3.8, 4) is 11.5 Å². The number of hydrogen-bond donors (Lipinski definition) is 0. The smallest absolute Gasteiger partial charge is 0.396 e. The first-order valence-electron chi connectivity index (χ1n) is 6.11. The predicted molar refractivity (Wildman–Crippen MR) is 68.0 cm³/mol. The summed E-state index contributed by atoms with van der Waals surface area (Å²) in [7, 11) is 0. The zero-order valence-corrected chi connectivity index (χ0v) is 11.4. The van der Waals surface area contributed by atoms with Gasteiger partial charge in [0.15, 0.2) is 12.2 Å². The van der Waals surface area contributed by atoms with Crippen LogP contribution in [0, 0.1) is 5.41 Å². The van der Waals surface area contributed by atoms with Gasteiger partial charge in [-0.2, -0.15) is 13.2 Å². The van der Waals surface area contributed by atoms with Crippen LogP contribution >= 0.6 is 0 Å². The van der Waals surface area contributed by atoms with E-state index in [1.165, 1.54) is 30.9 Å². The Morgan fingerprint density at radius 2 is 1.80 bits per heavy atom. The fourth-order valence-corrected chi connectivity index (χ4v) is 2.24. The van der Waals surface area contributed by atoms with E-state index in [4.69, 9.17) is 4.42 Å². The van der Waals surface area contributed by atoms with Gasteiger partial charge in [-0.05, 0) is 17.0 Å². The lowest BCUT2D eigenvalue weighted by Crippen LogP contribution is -2.32. The number of nitrogens with zero attached hydrogens (tertiary/aromatic N) is 2. The Kier molecular flexibility index (Phi) is 3.58. The fraction of sp³-hybridized carbons (Fsp3) is 0.429. The van der Waals surface area contributed by atoms with Crippen LogP contribution in [0.2, 0.25) is 0 Å². The highest BCUT2D eigenvalue weighted by Gasteiger charge is 2.47. The number of alkyl halides is 3. The number of pyridine rings is 1. The fourth-order valence-electron chi connectivity index (χ4n) is 2.24. The first kappa shape index (κ1) is 14.6. The lowest BCUT2D eigenvalue weighted by molar-refractivity contribution is -0.171. The van der Waals surface area contributed by atoms with Gasteiger partial charge in [0.25, 0.3) is 0 Å². The van der Waals surface area contributed by atoms with E-state index in [0.29, 0.717) is 11.5 Å². The van der Waals surface area contributed by atoms with Gasteiger partial charge in [-0.1, -0.05) is 26.8 Å². The molecule has 2 heterocycles. The Labute approximate surface area is 114 Å². The number of oxazole rings is 1. The molecule has 0 saturated heterocycles. The minimum Gasteiger partial charge on any atom is -0.442 e. The number of rotatable bonds is 2. The average molecular weight is 284 g/mol. The lowest BCUT2D eigenvalue weighted by atomic mass is 9.76. The molecular weight excluding hydrogens is 269 g/mol. The molecule has 0 spiro atoms. The van der Waals surface area contributed by atoms with Crippen molar-refractivity contribution < 1.29 is 17.6 Å². The SMILES string of the molecule is CC(C)(C)[C@H](c1ccc(-c2cnco2)nc1)C(F)(F)F. The second-order valence-electron chi connectivity index (χ2n) is 5.68. The number of halogens is 3. The zero-order chi connectivity index (χ0) is 15.0. The van der Waals surface area contributed by atoms with Gasteiger partial charge in [0.1, 0.15) is 5.69 Å². The molecule has 2 rings (SSSR count). The van der Waals surface area contributed by atoms with Crippen molar-refractivity contribution >= 4 is 0 Å². The van der Waals surface area contributed by atoms with Crippen LogP contribution in [0.1, 0.15) is 32.3 Å². The summed E-state index contributed by atoms with van der Waals surface area (Å²) in [4.78, 5) is 7.78. The monoisotopic (exact) mass is 284 g/mol. The number of aromatic nitrogens is 2. The van der Waals surface area contributed by atoms with Crippen LogP contribution in [0.15, 0.2) is 35.3 Å². The quantitative estimate of drug-likeness (QED) is 0.819. The molecule has 3 nitrogen and oxygen atoms in total. The van der Waals surface area contributed by atoms with Gasteiger partial charge in [-0.25, -0.2) is 4.98 Å². The van der Waals surface area contributed by atoms with Crippen molar-refractivity contribution in [1.29, 1.82) is 0 Å². The zero-order valence-electron chi connectivity index (χ0n) is 11.4. The Bertz CT molecular complexity index is 540. The van der Waals surface area contributed by atoms with Crippen LogP contribution in [-0.4, -0.2) is 16.1 Å². The molecule has 0 fully saturated rings. The second kappa shape index (κ2) is 4.92. The molecule has 1 atom stereocenters. The van der Waals surface area contributed by atoms with Gasteiger partial charge in [-0.3, -0.25) is 4.98 Å². The van der Waals surface area contributed by atoms with Crippen molar-refractivity contribution in [3.63, 3.8) is 0 Å². The summed E-state index contributed by atoms with van der Waals surface area (Å²) in [6.45, 7) is 4.69. The van der Waals surface area contributed by atoms with E-state index in [0.717, 1.165) is 0 Å². The first-order chi connectivity index (χ1) is 9.19. The van der Waals surface area contributed by atoms with Crippen LogP contribution in [-0.2, 0) is 0 Å². The summed E-state index contributed by atoms with van der Waals surface area (Å²) in [5.41, 5.74) is -0.331. The van der Waals surface area contributed by atoms with E-state index in [1.54, 1.807) is 20.8 Å². The van der Waals surface area contributed by atoms with Crippen LogP contribution in [0.4, 0.5) is 13.2 Å². The van der Waals surface area contributed by atoms with Crippen LogP contribution in [0.5, 0.6) is 0 Å². The van der Waals surface area contributed by atoms with E-state index >= 15 is 0 Å². The molecule has 20 heavy (non-hydrogen) atoms. The Morgan fingerprint density at radius 1 is 1.10 bits per heavy atom. The average Bonchev–Trinajstić information content (AvgIpc) is 2.79. The van der Waals surface area contributed by atoms with E-state index in [9.17, 15) is 13.2 Å². The summed E-state index contributed by atoms with van der Waals surface area (Å²) in [5.74, 6) is -1.14. The maximum absolute atomic E-state index is 13.2. The predicted octanol–water partition coefficient (Wildman–Crippen LogP) is 4.43. The maximum atomic E-state index is 13.2. The van der Waals surface area contributed by atoms with Crippen LogP contribution < -0.4 is 0 Å². The summed E-state index contributed by atoms with van der Waals surface area (Å²) < 4.78 is 44.7. The molecule has 0 bridgehead atoms. The highest BCUT2D eigenvalue weighted by Crippen LogP contribution is 2.46. The van der Waals surface area contributed by atoms with Gasteiger partial charge in [-0.15, -0.1) is 0 Å². The molecule has 2 aromatic rings. The van der Waals surface area contributed by atoms with E-state index in [1.807, 2.05) is 0 Å². The van der Waals surface area contributed by atoms with Crippen molar-refractivity contribution in [1.82, 2.24) is 9.97 Å². The molecule has 0 aliphatic carbocycles. The first-order valence-corrected chi connectivity index (χ1v) is 6.11. The van der Waals surface area contributed by atoms with Gasteiger partial charge >= 0.3 is 6.18 Å². The largest absolute Gasteiger partial charge is 0.442 e. The van der Waals surface area contributed by atoms with Crippen LogP contribution in [0.3, 0.4) is 0 Å². The van der Waals surface area contributed by atoms with E-state index < -0.39 is 17.5 Å². The van der Waals surface area contributed by atoms with Crippen LogP contribution in [0.25, 0.3) is 11.5 Å². The second-order valence-corrected chi connectivity index (χ2v) is 5.68. The molecule has 108 valence electrons. The van der Waals surface area contributed by atoms with E-state index in [2.05, 4.69) is 9.97 Å². The van der Waals surface area contributed by atoms with Crippen molar-refractivity contribution in [3.05, 3.63) is 36.5 Å². The lowest BCUT2D eigenvalue weighted by Gasteiger charge is -2.32. The summed E-state index contributed by atoms with van der Waals surface area (Å²) >= 11 is 0. The molecule has 0 aliphatic rings. The molecule has 0 aliphatic heterocycles. The molecule has 0 radical (unpaired) electrons. The summed E-state index contributed by atoms with van der Waals surface area (Å²) in [6.07, 6.45) is -0.347. The molecule has 6 heteroatoms. The van der Waals surface area contributed by atoms with Crippen molar-refractivity contribution in [2.75, 3.05) is 0 Å². The molecule has 0 saturated carbocycles. The molecule has 0 N–H and O–H groups in total. The van der Waals surface area contributed by atoms with Gasteiger partial charge < -0.3 is 4.42 Å². The van der Waals surface area contributed by atoms with Crippen molar-refractivity contribution in [2.24, 2.45) is 5.41 Å². The topological polar surface area (TPSA) is 38.9 Å². The molecular formula is C14H15F3N2O. The highest BCUT2D eigenvalue weighted by molar-refractivity contribution is 5.50. The third kappa shape index (κ3) is 3.00. The standard InChI is InChI=1S/C14H15F3N2O/c1-13(2,3)12(14(15,16)17)9-4-5-10(19-6-9)11-7-18-8-20-11/h4-8,12H,1-3H3/t12-/m0/s1. The molecule has 2 aromatic heterocycles. The molecule has 0 amide bonds.